The molecule has 23 heavy (non-hydrogen) atoms. The second kappa shape index (κ2) is 8.37. The van der Waals surface area contributed by atoms with Gasteiger partial charge in [-0.15, -0.1) is 12.4 Å². The molecule has 1 aliphatic rings. The van der Waals surface area contributed by atoms with Crippen molar-refractivity contribution in [3.63, 3.8) is 0 Å². The van der Waals surface area contributed by atoms with E-state index in [2.05, 4.69) is 5.32 Å². The third-order valence-corrected chi connectivity index (χ3v) is 3.39. The number of amides is 2. The largest absolute Gasteiger partial charge is 0.416 e. The summed E-state index contributed by atoms with van der Waals surface area (Å²) in [5, 5.41) is 2.62. The number of urea groups is 1. The van der Waals surface area contributed by atoms with Crippen LogP contribution >= 0.6 is 12.4 Å². The van der Waals surface area contributed by atoms with Gasteiger partial charge in [-0.3, -0.25) is 0 Å². The van der Waals surface area contributed by atoms with Gasteiger partial charge in [0.15, 0.2) is 0 Å². The molecular weight excluding hydrogens is 335 g/mol. The number of hydrogen-bond acceptors (Lipinski definition) is 3. The van der Waals surface area contributed by atoms with E-state index >= 15 is 0 Å². The first-order valence-electron chi connectivity index (χ1n) is 6.90. The van der Waals surface area contributed by atoms with Gasteiger partial charge in [-0.1, -0.05) is 12.1 Å². The van der Waals surface area contributed by atoms with Crippen LogP contribution < -0.4 is 11.1 Å². The minimum Gasteiger partial charge on any atom is -0.373 e. The van der Waals surface area contributed by atoms with E-state index in [-0.39, 0.29) is 31.1 Å². The molecule has 0 aromatic heterocycles. The third-order valence-electron chi connectivity index (χ3n) is 3.39. The highest BCUT2D eigenvalue weighted by atomic mass is 35.5. The summed E-state index contributed by atoms with van der Waals surface area (Å²) in [6, 6.07) is 4.56. The number of carbonyl (C=O) groups excluding carboxylic acids is 1. The van der Waals surface area contributed by atoms with Crippen LogP contribution in [0.4, 0.5) is 18.0 Å². The monoisotopic (exact) mass is 353 g/mol. The first-order chi connectivity index (χ1) is 10.4. The fourth-order valence-corrected chi connectivity index (χ4v) is 2.19. The van der Waals surface area contributed by atoms with Crippen molar-refractivity contribution in [3.05, 3.63) is 35.4 Å². The van der Waals surface area contributed by atoms with Crippen molar-refractivity contribution < 1.29 is 22.7 Å². The van der Waals surface area contributed by atoms with Gasteiger partial charge < -0.3 is 20.7 Å². The quantitative estimate of drug-likeness (QED) is 0.873. The highest BCUT2D eigenvalue weighted by Crippen LogP contribution is 2.29. The fourth-order valence-electron chi connectivity index (χ4n) is 2.19. The number of carbonyl (C=O) groups is 1. The van der Waals surface area contributed by atoms with Crippen LogP contribution in [-0.2, 0) is 17.5 Å². The summed E-state index contributed by atoms with van der Waals surface area (Å²) in [5.74, 6) is 0. The Morgan fingerprint density at radius 3 is 2.83 bits per heavy atom. The van der Waals surface area contributed by atoms with Crippen molar-refractivity contribution >= 4 is 18.4 Å². The van der Waals surface area contributed by atoms with Crippen LogP contribution in [0.2, 0.25) is 0 Å². The standard InChI is InChI=1S/C14H18F3N3O2.ClH/c15-14(16,17)11-3-1-2-10(6-11)8-19-13(21)20-4-5-22-12(7-18)9-20;/h1-3,6,12H,4-5,7-9,18H2,(H,19,21);1H. The molecule has 0 radical (unpaired) electrons. The molecule has 130 valence electrons. The number of benzene rings is 1. The first kappa shape index (κ1) is 19.5. The van der Waals surface area contributed by atoms with Crippen LogP contribution in [0, 0.1) is 0 Å². The Kier molecular flexibility index (Phi) is 7.11. The number of nitrogens with two attached hydrogens (primary N) is 1. The predicted molar refractivity (Wildman–Crippen MR) is 81.3 cm³/mol. The lowest BCUT2D eigenvalue weighted by Gasteiger charge is -2.32. The molecule has 5 nitrogen and oxygen atoms in total. The summed E-state index contributed by atoms with van der Waals surface area (Å²) in [6.07, 6.45) is -4.59. The number of alkyl halides is 3. The Labute approximate surface area is 138 Å². The Morgan fingerprint density at radius 2 is 2.17 bits per heavy atom. The van der Waals surface area contributed by atoms with E-state index in [1.54, 1.807) is 4.90 Å². The van der Waals surface area contributed by atoms with Crippen LogP contribution in [0.25, 0.3) is 0 Å². The van der Waals surface area contributed by atoms with E-state index in [9.17, 15) is 18.0 Å². The summed E-state index contributed by atoms with van der Waals surface area (Å²) >= 11 is 0. The average Bonchev–Trinajstić information content (AvgIpc) is 2.52. The van der Waals surface area contributed by atoms with Crippen LogP contribution in [0.15, 0.2) is 24.3 Å². The van der Waals surface area contributed by atoms with Crippen molar-refractivity contribution in [3.8, 4) is 0 Å². The van der Waals surface area contributed by atoms with Gasteiger partial charge in [-0.2, -0.15) is 13.2 Å². The molecule has 2 amide bonds. The maximum Gasteiger partial charge on any atom is 0.416 e. The molecule has 0 aliphatic carbocycles. The molecule has 0 saturated carbocycles. The molecule has 3 N–H and O–H groups in total. The normalized spacial score (nSPS) is 18.3. The minimum absolute atomic E-state index is 0. The zero-order valence-corrected chi connectivity index (χ0v) is 13.1. The van der Waals surface area contributed by atoms with E-state index in [0.717, 1.165) is 12.1 Å². The molecule has 1 aromatic rings. The molecule has 1 aliphatic heterocycles. The number of ether oxygens (including phenoxy) is 1. The summed E-state index contributed by atoms with van der Waals surface area (Å²) in [6.45, 7) is 1.57. The van der Waals surface area contributed by atoms with E-state index in [1.165, 1.54) is 12.1 Å². The van der Waals surface area contributed by atoms with Gasteiger partial charge in [0.2, 0.25) is 0 Å². The van der Waals surface area contributed by atoms with Gasteiger partial charge in [0.05, 0.1) is 18.3 Å². The van der Waals surface area contributed by atoms with Gasteiger partial charge in [0.1, 0.15) is 0 Å². The average molecular weight is 354 g/mol. The Morgan fingerprint density at radius 1 is 1.43 bits per heavy atom. The zero-order valence-electron chi connectivity index (χ0n) is 12.3. The maximum atomic E-state index is 12.6. The topological polar surface area (TPSA) is 67.6 Å². The summed E-state index contributed by atoms with van der Waals surface area (Å²) < 4.78 is 43.2. The van der Waals surface area contributed by atoms with Crippen LogP contribution in [0.1, 0.15) is 11.1 Å². The van der Waals surface area contributed by atoms with Gasteiger partial charge in [0.25, 0.3) is 0 Å². The third kappa shape index (κ3) is 5.56. The number of morpholine rings is 1. The number of hydrogen-bond donors (Lipinski definition) is 2. The summed E-state index contributed by atoms with van der Waals surface area (Å²) in [4.78, 5) is 13.6. The number of rotatable bonds is 3. The van der Waals surface area contributed by atoms with Crippen LogP contribution in [0.5, 0.6) is 0 Å². The van der Waals surface area contributed by atoms with Gasteiger partial charge >= 0.3 is 12.2 Å². The predicted octanol–water partition coefficient (Wildman–Crippen LogP) is 2.00. The molecule has 1 saturated heterocycles. The lowest BCUT2D eigenvalue weighted by Crippen LogP contribution is -2.51. The summed E-state index contributed by atoms with van der Waals surface area (Å²) in [5.41, 5.74) is 5.17. The summed E-state index contributed by atoms with van der Waals surface area (Å²) in [7, 11) is 0. The van der Waals surface area contributed by atoms with E-state index in [1.807, 2.05) is 0 Å². The van der Waals surface area contributed by atoms with Gasteiger partial charge in [-0.25, -0.2) is 4.79 Å². The second-order valence-electron chi connectivity index (χ2n) is 5.03. The highest BCUT2D eigenvalue weighted by Gasteiger charge is 2.30. The Bertz CT molecular complexity index is 528. The number of nitrogens with one attached hydrogen (secondary N) is 1. The first-order valence-corrected chi connectivity index (χ1v) is 6.90. The maximum absolute atomic E-state index is 12.6. The van der Waals surface area contributed by atoms with Crippen molar-refractivity contribution in [1.82, 2.24) is 10.2 Å². The van der Waals surface area contributed by atoms with E-state index < -0.39 is 11.7 Å². The molecular formula is C14H19ClF3N3O2. The highest BCUT2D eigenvalue weighted by molar-refractivity contribution is 5.85. The molecule has 2 rings (SSSR count). The smallest absolute Gasteiger partial charge is 0.373 e. The Hall–Kier alpha value is -1.51. The molecule has 9 heteroatoms. The molecule has 1 unspecified atom stereocenters. The zero-order chi connectivity index (χ0) is 16.2. The molecule has 1 heterocycles. The molecule has 1 aromatic carbocycles. The number of halogens is 4. The molecule has 0 bridgehead atoms. The van der Waals surface area contributed by atoms with E-state index in [4.69, 9.17) is 10.5 Å². The van der Waals surface area contributed by atoms with Crippen molar-refractivity contribution in [1.29, 1.82) is 0 Å². The van der Waals surface area contributed by atoms with Crippen molar-refractivity contribution in [2.75, 3.05) is 26.2 Å². The van der Waals surface area contributed by atoms with Gasteiger partial charge in [-0.05, 0) is 17.7 Å². The van der Waals surface area contributed by atoms with E-state index in [0.29, 0.717) is 31.8 Å². The second-order valence-corrected chi connectivity index (χ2v) is 5.03. The van der Waals surface area contributed by atoms with Crippen molar-refractivity contribution in [2.24, 2.45) is 5.73 Å². The van der Waals surface area contributed by atoms with Crippen LogP contribution in [-0.4, -0.2) is 43.3 Å². The fraction of sp³-hybridized carbons (Fsp3) is 0.500. The van der Waals surface area contributed by atoms with Crippen LogP contribution in [0.3, 0.4) is 0 Å². The lowest BCUT2D eigenvalue weighted by atomic mass is 10.1. The lowest BCUT2D eigenvalue weighted by molar-refractivity contribution is -0.137. The van der Waals surface area contributed by atoms with Crippen molar-refractivity contribution in [2.45, 2.75) is 18.8 Å². The molecule has 1 atom stereocenters. The SMILES string of the molecule is Cl.NCC1CN(C(=O)NCc2cccc(C(F)(F)F)c2)CCO1. The number of nitrogens with zero attached hydrogens (tertiary/aromatic N) is 1. The molecule has 0 spiro atoms. The molecule has 1 fully saturated rings. The Balaban J connectivity index is 0.00000264. The van der Waals surface area contributed by atoms with Gasteiger partial charge in [0, 0.05) is 26.2 Å². The minimum atomic E-state index is -4.39.